The Kier molecular flexibility index (Phi) is 5.08. The van der Waals surface area contributed by atoms with Crippen LogP contribution in [0.25, 0.3) is 0 Å². The van der Waals surface area contributed by atoms with Crippen LogP contribution in [-0.4, -0.2) is 18.4 Å². The van der Waals surface area contributed by atoms with Crippen LogP contribution in [0.3, 0.4) is 0 Å². The molecule has 0 N–H and O–H groups in total. The summed E-state index contributed by atoms with van der Waals surface area (Å²) >= 11 is 4.95. The summed E-state index contributed by atoms with van der Waals surface area (Å²) in [6.45, 7) is 3.97. The Labute approximate surface area is 176 Å². The molecule has 1 saturated heterocycles. The fourth-order valence-corrected chi connectivity index (χ4v) is 4.67. The number of halogens is 1. The van der Waals surface area contributed by atoms with Crippen molar-refractivity contribution >= 4 is 50.5 Å². The maximum Gasteiger partial charge on any atom is 0.255 e. The molecule has 1 aromatic heterocycles. The minimum absolute atomic E-state index is 0.0290. The fraction of sp³-hybridized carbons (Fsp3) is 0.182. The van der Waals surface area contributed by atoms with E-state index in [0.717, 1.165) is 32.5 Å². The summed E-state index contributed by atoms with van der Waals surface area (Å²) in [7, 11) is 0. The van der Waals surface area contributed by atoms with Gasteiger partial charge in [-0.25, -0.2) is 0 Å². The summed E-state index contributed by atoms with van der Waals surface area (Å²) in [4.78, 5) is 30.2. The number of benzene rings is 2. The molecule has 0 aliphatic carbocycles. The van der Waals surface area contributed by atoms with Crippen LogP contribution < -0.4 is 9.80 Å². The quantitative estimate of drug-likeness (QED) is 0.542. The Hall–Kier alpha value is -2.44. The van der Waals surface area contributed by atoms with E-state index in [1.54, 1.807) is 9.80 Å². The average molecular weight is 455 g/mol. The third kappa shape index (κ3) is 3.27. The van der Waals surface area contributed by atoms with Crippen molar-refractivity contribution in [1.82, 2.24) is 0 Å². The summed E-state index contributed by atoms with van der Waals surface area (Å²) in [6, 6.07) is 14.7. The van der Waals surface area contributed by atoms with Gasteiger partial charge in [0, 0.05) is 10.2 Å². The molecule has 1 aliphatic heterocycles. The summed E-state index contributed by atoms with van der Waals surface area (Å²) in [5, 5.41) is 3.88. The molecule has 28 heavy (non-hydrogen) atoms. The molecule has 0 unspecified atom stereocenters. The number of para-hydroxylation sites is 1. The highest BCUT2D eigenvalue weighted by atomic mass is 79.9. The zero-order valence-electron chi connectivity index (χ0n) is 15.6. The summed E-state index contributed by atoms with van der Waals surface area (Å²) in [5.41, 5.74) is 4.36. The van der Waals surface area contributed by atoms with E-state index in [0.29, 0.717) is 0 Å². The summed E-state index contributed by atoms with van der Waals surface area (Å²) in [5.74, 6) is -0.181. The van der Waals surface area contributed by atoms with Crippen molar-refractivity contribution in [2.24, 2.45) is 0 Å². The van der Waals surface area contributed by atoms with Gasteiger partial charge in [-0.15, -0.1) is 0 Å². The van der Waals surface area contributed by atoms with E-state index < -0.39 is 6.04 Å². The fourth-order valence-electron chi connectivity index (χ4n) is 3.73. The maximum atomic E-state index is 13.7. The summed E-state index contributed by atoms with van der Waals surface area (Å²) in [6.07, 6.45) is 0. The van der Waals surface area contributed by atoms with E-state index in [9.17, 15) is 9.59 Å². The molecule has 1 aliphatic rings. The zero-order valence-corrected chi connectivity index (χ0v) is 18.0. The van der Waals surface area contributed by atoms with E-state index in [-0.39, 0.29) is 18.4 Å². The second-order valence-electron chi connectivity index (χ2n) is 6.86. The lowest BCUT2D eigenvalue weighted by atomic mass is 10.00. The first-order valence-electron chi connectivity index (χ1n) is 8.94. The molecule has 142 valence electrons. The molecule has 2 heterocycles. The molecule has 2 aromatic carbocycles. The average Bonchev–Trinajstić information content (AvgIpc) is 3.19. The monoisotopic (exact) mass is 454 g/mol. The van der Waals surface area contributed by atoms with Gasteiger partial charge < -0.3 is 4.90 Å². The molecule has 1 fully saturated rings. The van der Waals surface area contributed by atoms with Crippen molar-refractivity contribution in [2.45, 2.75) is 19.9 Å². The number of aryl methyl sites for hydroxylation is 2. The van der Waals surface area contributed by atoms with Crippen molar-refractivity contribution in [3.05, 3.63) is 80.5 Å². The largest absolute Gasteiger partial charge is 0.300 e. The van der Waals surface area contributed by atoms with Crippen molar-refractivity contribution in [2.75, 3.05) is 16.3 Å². The van der Waals surface area contributed by atoms with Crippen LogP contribution in [0.1, 0.15) is 22.7 Å². The first kappa shape index (κ1) is 18.9. The van der Waals surface area contributed by atoms with Gasteiger partial charge in [-0.2, -0.15) is 11.3 Å². The first-order valence-corrected chi connectivity index (χ1v) is 10.7. The normalized spacial score (nSPS) is 17.3. The molecular weight excluding hydrogens is 436 g/mol. The predicted octanol–water partition coefficient (Wildman–Crippen LogP) is 5.25. The van der Waals surface area contributed by atoms with Gasteiger partial charge in [-0.05, 0) is 71.6 Å². The van der Waals surface area contributed by atoms with Crippen LogP contribution in [0.15, 0.2) is 63.8 Å². The van der Waals surface area contributed by atoms with Crippen LogP contribution >= 0.6 is 27.3 Å². The van der Waals surface area contributed by atoms with Crippen LogP contribution in [0, 0.1) is 13.8 Å². The number of rotatable bonds is 3. The molecule has 1 atom stereocenters. The lowest BCUT2D eigenvalue weighted by Gasteiger charge is -2.41. The Morgan fingerprint density at radius 1 is 1.00 bits per heavy atom. The van der Waals surface area contributed by atoms with E-state index in [2.05, 4.69) is 15.9 Å². The van der Waals surface area contributed by atoms with Gasteiger partial charge >= 0.3 is 0 Å². The third-order valence-electron chi connectivity index (χ3n) is 4.99. The Morgan fingerprint density at radius 3 is 2.29 bits per heavy atom. The van der Waals surface area contributed by atoms with Crippen molar-refractivity contribution in [3.8, 4) is 0 Å². The Balaban J connectivity index is 1.83. The van der Waals surface area contributed by atoms with Gasteiger partial charge in [0.05, 0.1) is 5.69 Å². The van der Waals surface area contributed by atoms with Crippen LogP contribution in [0.4, 0.5) is 11.4 Å². The number of piperazine rings is 1. The molecular formula is C22H19BrN2O2S. The van der Waals surface area contributed by atoms with Crippen molar-refractivity contribution < 1.29 is 9.59 Å². The smallest absolute Gasteiger partial charge is 0.255 e. The number of hydrogen-bond donors (Lipinski definition) is 0. The minimum atomic E-state index is -0.673. The molecule has 0 bridgehead atoms. The summed E-state index contributed by atoms with van der Waals surface area (Å²) < 4.78 is 0.927. The molecule has 3 aromatic rings. The van der Waals surface area contributed by atoms with Crippen molar-refractivity contribution in [3.63, 3.8) is 0 Å². The standard InChI is InChI=1S/C22H19BrN2O2S/c1-14-4-3-5-15(2)20(14)24-12-19(26)25(18-8-6-17(23)7-9-18)21(22(24)27)16-10-11-28-13-16/h3-11,13,21H,12H2,1-2H3/t21-/m1/s1. The molecule has 0 spiro atoms. The van der Waals surface area contributed by atoms with Gasteiger partial charge in [-0.1, -0.05) is 34.1 Å². The van der Waals surface area contributed by atoms with E-state index in [1.807, 2.05) is 73.1 Å². The molecule has 4 rings (SSSR count). The van der Waals surface area contributed by atoms with Gasteiger partial charge in [-0.3, -0.25) is 14.5 Å². The second kappa shape index (κ2) is 7.53. The van der Waals surface area contributed by atoms with Crippen LogP contribution in [-0.2, 0) is 9.59 Å². The predicted molar refractivity (Wildman–Crippen MR) is 117 cm³/mol. The topological polar surface area (TPSA) is 40.6 Å². The molecule has 4 nitrogen and oxygen atoms in total. The van der Waals surface area contributed by atoms with E-state index >= 15 is 0 Å². The Bertz CT molecular complexity index is 1010. The molecule has 6 heteroatoms. The van der Waals surface area contributed by atoms with Gasteiger partial charge in [0.1, 0.15) is 12.6 Å². The first-order chi connectivity index (χ1) is 13.5. The van der Waals surface area contributed by atoms with E-state index in [4.69, 9.17) is 0 Å². The number of carbonyl (C=O) groups excluding carboxylic acids is 2. The number of thiophene rings is 1. The zero-order chi connectivity index (χ0) is 19.8. The van der Waals surface area contributed by atoms with Crippen molar-refractivity contribution in [1.29, 1.82) is 0 Å². The lowest BCUT2D eigenvalue weighted by molar-refractivity contribution is -0.128. The van der Waals surface area contributed by atoms with Crippen LogP contribution in [0.5, 0.6) is 0 Å². The molecule has 0 saturated carbocycles. The number of anilines is 2. The Morgan fingerprint density at radius 2 is 1.68 bits per heavy atom. The van der Waals surface area contributed by atoms with Crippen LogP contribution in [0.2, 0.25) is 0 Å². The molecule has 2 amide bonds. The lowest BCUT2D eigenvalue weighted by Crippen LogP contribution is -2.56. The molecule has 0 radical (unpaired) electrons. The second-order valence-corrected chi connectivity index (χ2v) is 8.56. The number of carbonyl (C=O) groups is 2. The highest BCUT2D eigenvalue weighted by molar-refractivity contribution is 9.10. The number of amides is 2. The van der Waals surface area contributed by atoms with Gasteiger partial charge in [0.2, 0.25) is 5.91 Å². The maximum absolute atomic E-state index is 13.7. The highest BCUT2D eigenvalue weighted by Crippen LogP contribution is 2.37. The van der Waals surface area contributed by atoms with Gasteiger partial charge in [0.25, 0.3) is 5.91 Å². The van der Waals surface area contributed by atoms with Gasteiger partial charge in [0.15, 0.2) is 0 Å². The van der Waals surface area contributed by atoms with E-state index in [1.165, 1.54) is 11.3 Å². The number of nitrogens with zero attached hydrogens (tertiary/aromatic N) is 2. The SMILES string of the molecule is Cc1cccc(C)c1N1CC(=O)N(c2ccc(Br)cc2)[C@H](c2ccsc2)C1=O. The highest BCUT2D eigenvalue weighted by Gasteiger charge is 2.42. The third-order valence-corrected chi connectivity index (χ3v) is 6.22. The number of hydrogen-bond acceptors (Lipinski definition) is 3. The minimum Gasteiger partial charge on any atom is -0.300 e.